The number of unbranched alkanes of at least 4 members (excludes halogenated alkanes) is 1. The molecule has 0 rings (SSSR count). The molecule has 0 saturated heterocycles. The molecule has 0 radical (unpaired) electrons. The zero-order chi connectivity index (χ0) is 14.3. The highest BCUT2D eigenvalue weighted by Gasteiger charge is 2.35. The van der Waals surface area contributed by atoms with E-state index in [2.05, 4.69) is 12.2 Å². The second-order valence-electron chi connectivity index (χ2n) is 4.82. The molecule has 6 heteroatoms. The van der Waals surface area contributed by atoms with E-state index >= 15 is 0 Å². The molecule has 0 aromatic carbocycles. The summed E-state index contributed by atoms with van der Waals surface area (Å²) in [5.74, 6) is -1.12. The van der Waals surface area contributed by atoms with Gasteiger partial charge in [-0.2, -0.15) is 0 Å². The number of rotatable bonds is 8. The van der Waals surface area contributed by atoms with E-state index in [-0.39, 0.29) is 11.2 Å². The van der Waals surface area contributed by atoms with Gasteiger partial charge in [-0.15, -0.1) is 11.8 Å². The van der Waals surface area contributed by atoms with Gasteiger partial charge in [0, 0.05) is 11.3 Å². The van der Waals surface area contributed by atoms with Crippen LogP contribution in [0.4, 0.5) is 0 Å². The number of carboxylic acids is 1. The average Bonchev–Trinajstić information content (AvgIpc) is 2.27. The molecular weight excluding hydrogens is 252 g/mol. The van der Waals surface area contributed by atoms with Crippen LogP contribution in [0.3, 0.4) is 0 Å². The molecule has 4 N–H and O–H groups in total. The highest BCUT2D eigenvalue weighted by atomic mass is 32.2. The summed E-state index contributed by atoms with van der Waals surface area (Å²) in [4.78, 5) is 22.6. The van der Waals surface area contributed by atoms with Gasteiger partial charge in [-0.3, -0.25) is 9.59 Å². The molecule has 0 aromatic rings. The third-order valence-corrected chi connectivity index (χ3v) is 4.12. The maximum absolute atomic E-state index is 11.8. The van der Waals surface area contributed by atoms with Crippen LogP contribution in [0.25, 0.3) is 0 Å². The van der Waals surface area contributed by atoms with E-state index in [0.717, 1.165) is 12.8 Å². The topological polar surface area (TPSA) is 92.4 Å². The molecule has 5 nitrogen and oxygen atoms in total. The number of carbonyl (C=O) groups is 2. The van der Waals surface area contributed by atoms with Crippen LogP contribution in [0.15, 0.2) is 0 Å². The lowest BCUT2D eigenvalue weighted by atomic mass is 10.1. The summed E-state index contributed by atoms with van der Waals surface area (Å²) in [5, 5.41) is 11.4. The van der Waals surface area contributed by atoms with Crippen LogP contribution >= 0.6 is 11.8 Å². The second kappa shape index (κ2) is 7.63. The predicted molar refractivity (Wildman–Crippen MR) is 74.7 cm³/mol. The maximum atomic E-state index is 11.8. The maximum Gasteiger partial charge on any atom is 0.321 e. The Bertz CT molecular complexity index is 295. The van der Waals surface area contributed by atoms with Crippen molar-refractivity contribution in [3.8, 4) is 0 Å². The lowest BCUT2D eigenvalue weighted by molar-refractivity contribution is -0.139. The lowest BCUT2D eigenvalue weighted by Gasteiger charge is -2.30. The van der Waals surface area contributed by atoms with Crippen molar-refractivity contribution in [2.75, 3.05) is 6.54 Å². The Hall–Kier alpha value is -0.750. The van der Waals surface area contributed by atoms with Crippen LogP contribution in [0.2, 0.25) is 0 Å². The Morgan fingerprint density at radius 3 is 2.44 bits per heavy atom. The number of carboxylic acid groups (broad SMARTS) is 1. The molecule has 1 unspecified atom stereocenters. The first kappa shape index (κ1) is 17.2. The average molecular weight is 276 g/mol. The Morgan fingerprint density at radius 1 is 1.44 bits per heavy atom. The van der Waals surface area contributed by atoms with Gasteiger partial charge >= 0.3 is 5.97 Å². The molecule has 0 aliphatic heterocycles. The van der Waals surface area contributed by atoms with E-state index < -0.39 is 16.8 Å². The first-order valence-electron chi connectivity index (χ1n) is 6.16. The number of nitrogens with one attached hydrogen (secondary N) is 1. The number of carbonyl (C=O) groups excluding carboxylic acids is 1. The van der Waals surface area contributed by atoms with E-state index in [4.69, 9.17) is 10.8 Å². The molecule has 0 bridgehead atoms. The molecule has 106 valence electrons. The minimum absolute atomic E-state index is 0.0703. The number of amides is 1. The smallest absolute Gasteiger partial charge is 0.321 e. The van der Waals surface area contributed by atoms with Crippen LogP contribution in [-0.4, -0.2) is 39.6 Å². The normalized spacial score (nSPS) is 14.9. The molecule has 0 fully saturated rings. The summed E-state index contributed by atoms with van der Waals surface area (Å²) in [7, 11) is 0. The summed E-state index contributed by atoms with van der Waals surface area (Å²) in [6.45, 7) is 7.96. The van der Waals surface area contributed by atoms with Crippen LogP contribution in [0.1, 0.15) is 40.5 Å². The van der Waals surface area contributed by atoms with E-state index in [1.807, 2.05) is 0 Å². The van der Waals surface area contributed by atoms with Gasteiger partial charge in [-0.25, -0.2) is 0 Å². The summed E-state index contributed by atoms with van der Waals surface area (Å²) in [5.41, 5.74) is 5.61. The molecule has 2 atom stereocenters. The molecule has 0 saturated carbocycles. The van der Waals surface area contributed by atoms with Gasteiger partial charge in [-0.05, 0) is 27.2 Å². The summed E-state index contributed by atoms with van der Waals surface area (Å²) in [6, 6.07) is -0.992. The van der Waals surface area contributed by atoms with Crippen LogP contribution < -0.4 is 11.1 Å². The summed E-state index contributed by atoms with van der Waals surface area (Å²) >= 11 is 1.29. The largest absolute Gasteiger partial charge is 0.480 e. The standard InChI is InChI=1S/C12H24N2O3S/c1-5-6-7-14-10(15)8(2)18-12(3,4)9(13)11(16)17/h8-9H,5-7,13H2,1-4H3,(H,14,15)(H,16,17)/t8?,9-/m0/s1. The summed E-state index contributed by atoms with van der Waals surface area (Å²) < 4.78 is -0.687. The van der Waals surface area contributed by atoms with E-state index in [9.17, 15) is 9.59 Å². The molecule has 0 aliphatic carbocycles. The zero-order valence-corrected chi connectivity index (χ0v) is 12.3. The quantitative estimate of drug-likeness (QED) is 0.580. The Morgan fingerprint density at radius 2 is 2.00 bits per heavy atom. The minimum Gasteiger partial charge on any atom is -0.480 e. The van der Waals surface area contributed by atoms with E-state index in [0.29, 0.717) is 6.54 Å². The predicted octanol–water partition coefficient (Wildman–Crippen LogP) is 1.21. The zero-order valence-electron chi connectivity index (χ0n) is 11.5. The third-order valence-electron chi connectivity index (χ3n) is 2.69. The number of aliphatic carboxylic acids is 1. The van der Waals surface area contributed by atoms with E-state index in [1.165, 1.54) is 11.8 Å². The van der Waals surface area contributed by atoms with Crippen molar-refractivity contribution in [2.45, 2.75) is 56.6 Å². The Balaban J connectivity index is 4.32. The molecule has 0 aromatic heterocycles. The number of hydrogen-bond acceptors (Lipinski definition) is 4. The number of thioether (sulfide) groups is 1. The van der Waals surface area contributed by atoms with Gasteiger partial charge < -0.3 is 16.2 Å². The van der Waals surface area contributed by atoms with Crippen molar-refractivity contribution in [1.82, 2.24) is 5.32 Å². The van der Waals surface area contributed by atoms with Crippen LogP contribution in [0.5, 0.6) is 0 Å². The number of nitrogens with two attached hydrogens (primary N) is 1. The first-order chi connectivity index (χ1) is 8.22. The van der Waals surface area contributed by atoms with Gasteiger partial charge in [0.25, 0.3) is 0 Å². The Labute approximate surface area is 113 Å². The van der Waals surface area contributed by atoms with Gasteiger partial charge in [0.1, 0.15) is 6.04 Å². The van der Waals surface area contributed by atoms with Crippen molar-refractivity contribution in [1.29, 1.82) is 0 Å². The van der Waals surface area contributed by atoms with Gasteiger partial charge in [0.05, 0.1) is 5.25 Å². The van der Waals surface area contributed by atoms with Crippen molar-refractivity contribution < 1.29 is 14.7 Å². The van der Waals surface area contributed by atoms with Crippen LogP contribution in [-0.2, 0) is 9.59 Å². The SMILES string of the molecule is CCCCNC(=O)C(C)SC(C)(C)[C@@H](N)C(=O)O. The van der Waals surface area contributed by atoms with Crippen molar-refractivity contribution >= 4 is 23.6 Å². The third kappa shape index (κ3) is 5.73. The van der Waals surface area contributed by atoms with Crippen molar-refractivity contribution in [3.05, 3.63) is 0 Å². The highest BCUT2D eigenvalue weighted by molar-refractivity contribution is 8.02. The van der Waals surface area contributed by atoms with Gasteiger partial charge in [0.15, 0.2) is 0 Å². The van der Waals surface area contributed by atoms with Crippen LogP contribution in [0, 0.1) is 0 Å². The fraction of sp³-hybridized carbons (Fsp3) is 0.833. The van der Waals surface area contributed by atoms with Gasteiger partial charge in [-0.1, -0.05) is 13.3 Å². The molecule has 18 heavy (non-hydrogen) atoms. The molecule has 1 amide bonds. The molecular formula is C12H24N2O3S. The lowest BCUT2D eigenvalue weighted by Crippen LogP contribution is -2.48. The first-order valence-corrected chi connectivity index (χ1v) is 7.04. The molecule has 0 spiro atoms. The highest BCUT2D eigenvalue weighted by Crippen LogP contribution is 2.31. The van der Waals surface area contributed by atoms with Crippen molar-refractivity contribution in [2.24, 2.45) is 5.73 Å². The fourth-order valence-corrected chi connectivity index (χ4v) is 2.76. The Kier molecular flexibility index (Phi) is 7.32. The fourth-order valence-electron chi connectivity index (χ4n) is 1.41. The second-order valence-corrected chi connectivity index (χ2v) is 6.82. The van der Waals surface area contributed by atoms with Crippen molar-refractivity contribution in [3.63, 3.8) is 0 Å². The monoisotopic (exact) mass is 276 g/mol. The number of hydrogen-bond donors (Lipinski definition) is 3. The molecule has 0 aliphatic rings. The van der Waals surface area contributed by atoms with E-state index in [1.54, 1.807) is 20.8 Å². The summed E-state index contributed by atoms with van der Waals surface area (Å²) in [6.07, 6.45) is 1.97. The molecule has 0 heterocycles. The minimum atomic E-state index is -1.05. The van der Waals surface area contributed by atoms with Gasteiger partial charge in [0.2, 0.25) is 5.91 Å².